The summed E-state index contributed by atoms with van der Waals surface area (Å²) in [5, 5.41) is 0.896. The number of carbonyl (C=O) groups excluding carboxylic acids is 4. The SMILES string of the molecule is O=C(F)NC(=O)C(F)(F)C(=O)NC(=O)F. The molecule has 0 spiro atoms. The first-order valence-electron chi connectivity index (χ1n) is 3.07. The molecule has 2 N–H and O–H groups in total. The lowest BCUT2D eigenvalue weighted by Crippen LogP contribution is -2.52. The number of amides is 4. The van der Waals surface area contributed by atoms with Crippen LogP contribution in [0.3, 0.4) is 0 Å². The summed E-state index contributed by atoms with van der Waals surface area (Å²) in [5.41, 5.74) is 0. The van der Waals surface area contributed by atoms with Crippen LogP contribution < -0.4 is 10.6 Å². The first kappa shape index (κ1) is 13.0. The molecule has 0 saturated carbocycles. The second kappa shape index (κ2) is 4.48. The lowest BCUT2D eigenvalue weighted by Gasteiger charge is -2.11. The molecule has 0 aliphatic rings. The van der Waals surface area contributed by atoms with Gasteiger partial charge in [0.05, 0.1) is 0 Å². The van der Waals surface area contributed by atoms with E-state index in [1.807, 2.05) is 0 Å². The zero-order chi connectivity index (χ0) is 12.2. The van der Waals surface area contributed by atoms with Crippen molar-refractivity contribution < 1.29 is 36.7 Å². The average molecular weight is 230 g/mol. The van der Waals surface area contributed by atoms with Crippen molar-refractivity contribution in [3.63, 3.8) is 0 Å². The molecule has 10 heteroatoms. The highest BCUT2D eigenvalue weighted by molar-refractivity contribution is 6.13. The molecule has 15 heavy (non-hydrogen) atoms. The molecule has 0 fully saturated rings. The molecular formula is C5H2F4N2O4. The molecule has 6 nitrogen and oxygen atoms in total. The van der Waals surface area contributed by atoms with Gasteiger partial charge in [-0.05, 0) is 0 Å². The summed E-state index contributed by atoms with van der Waals surface area (Å²) in [6.45, 7) is 0. The van der Waals surface area contributed by atoms with Gasteiger partial charge < -0.3 is 0 Å². The highest BCUT2D eigenvalue weighted by atomic mass is 19.3. The maximum atomic E-state index is 12.5. The van der Waals surface area contributed by atoms with Crippen molar-refractivity contribution in [2.75, 3.05) is 0 Å². The van der Waals surface area contributed by atoms with E-state index in [0.29, 0.717) is 10.6 Å². The van der Waals surface area contributed by atoms with Crippen molar-refractivity contribution in [1.29, 1.82) is 0 Å². The summed E-state index contributed by atoms with van der Waals surface area (Å²) in [5.74, 6) is -10.2. The molecule has 0 aliphatic carbocycles. The van der Waals surface area contributed by atoms with E-state index in [-0.39, 0.29) is 0 Å². The van der Waals surface area contributed by atoms with Gasteiger partial charge >= 0.3 is 30.1 Å². The van der Waals surface area contributed by atoms with E-state index in [1.165, 1.54) is 0 Å². The fourth-order valence-corrected chi connectivity index (χ4v) is 0.439. The minimum atomic E-state index is -4.94. The Morgan fingerprint density at radius 2 is 1.07 bits per heavy atom. The Morgan fingerprint density at radius 3 is 1.27 bits per heavy atom. The fourth-order valence-electron chi connectivity index (χ4n) is 0.439. The average Bonchev–Trinajstić information content (AvgIpc) is 2.01. The van der Waals surface area contributed by atoms with Crippen molar-refractivity contribution >= 4 is 24.1 Å². The van der Waals surface area contributed by atoms with Gasteiger partial charge in [-0.2, -0.15) is 8.78 Å². The smallest absolute Gasteiger partial charge is 0.267 e. The van der Waals surface area contributed by atoms with Gasteiger partial charge in [0.2, 0.25) is 0 Å². The van der Waals surface area contributed by atoms with Crippen molar-refractivity contribution in [3.05, 3.63) is 0 Å². The van der Waals surface area contributed by atoms with Crippen LogP contribution in [0, 0.1) is 0 Å². The number of imide groups is 2. The van der Waals surface area contributed by atoms with E-state index in [4.69, 9.17) is 0 Å². The van der Waals surface area contributed by atoms with Crippen LogP contribution in [-0.2, 0) is 9.59 Å². The second-order valence-electron chi connectivity index (χ2n) is 2.03. The predicted octanol–water partition coefficient (Wildman–Crippen LogP) is 0.0331. The molecule has 0 aromatic rings. The first-order chi connectivity index (χ1) is 6.67. The summed E-state index contributed by atoms with van der Waals surface area (Å²) < 4.78 is 47.8. The Hall–Kier alpha value is -2.00. The lowest BCUT2D eigenvalue weighted by atomic mass is 10.3. The van der Waals surface area contributed by atoms with Crippen LogP contribution in [0.15, 0.2) is 0 Å². The Morgan fingerprint density at radius 1 is 0.800 bits per heavy atom. The van der Waals surface area contributed by atoms with Crippen molar-refractivity contribution in [2.45, 2.75) is 5.92 Å². The van der Waals surface area contributed by atoms with E-state index in [2.05, 4.69) is 0 Å². The number of hydrogen-bond donors (Lipinski definition) is 2. The third-order valence-corrected chi connectivity index (χ3v) is 0.994. The molecule has 0 bridgehead atoms. The van der Waals surface area contributed by atoms with Gasteiger partial charge in [-0.25, -0.2) is 9.59 Å². The molecule has 0 unspecified atom stereocenters. The van der Waals surface area contributed by atoms with Gasteiger partial charge in [-0.15, -0.1) is 8.78 Å². The van der Waals surface area contributed by atoms with Crippen LogP contribution in [0.25, 0.3) is 0 Å². The molecule has 0 atom stereocenters. The summed E-state index contributed by atoms with van der Waals surface area (Å²) in [6, 6.07) is 0. The third-order valence-electron chi connectivity index (χ3n) is 0.994. The normalized spacial score (nSPS) is 10.4. The third kappa shape index (κ3) is 3.70. The number of nitrogens with one attached hydrogen (secondary N) is 2. The van der Waals surface area contributed by atoms with Gasteiger partial charge in [0.25, 0.3) is 0 Å². The zero-order valence-electron chi connectivity index (χ0n) is 6.64. The van der Waals surface area contributed by atoms with Gasteiger partial charge in [-0.1, -0.05) is 0 Å². The van der Waals surface area contributed by atoms with Gasteiger partial charge in [-0.3, -0.25) is 20.2 Å². The van der Waals surface area contributed by atoms with Crippen LogP contribution in [0.4, 0.5) is 27.2 Å². The van der Waals surface area contributed by atoms with Crippen LogP contribution in [-0.4, -0.2) is 30.1 Å². The second-order valence-corrected chi connectivity index (χ2v) is 2.03. The summed E-state index contributed by atoms with van der Waals surface area (Å²) >= 11 is 0. The maximum Gasteiger partial charge on any atom is 0.404 e. The van der Waals surface area contributed by atoms with E-state index in [9.17, 15) is 36.7 Å². The van der Waals surface area contributed by atoms with Crippen LogP contribution >= 0.6 is 0 Å². The standard InChI is InChI=1S/C5H2F4N2O4/c6-3(14)10-1(12)5(8,9)2(13)11-4(7)15/h(H,10,12,14)(H,11,13,15). The van der Waals surface area contributed by atoms with Crippen LogP contribution in [0.1, 0.15) is 0 Å². The van der Waals surface area contributed by atoms with Crippen molar-refractivity contribution in [1.82, 2.24) is 10.6 Å². The summed E-state index contributed by atoms with van der Waals surface area (Å²) in [4.78, 5) is 39.6. The minimum Gasteiger partial charge on any atom is -0.267 e. The zero-order valence-corrected chi connectivity index (χ0v) is 6.64. The highest BCUT2D eigenvalue weighted by Gasteiger charge is 2.48. The highest BCUT2D eigenvalue weighted by Crippen LogP contribution is 2.13. The Balaban J connectivity index is 4.65. The molecule has 0 aliphatic heterocycles. The van der Waals surface area contributed by atoms with E-state index in [1.54, 1.807) is 0 Å². The fraction of sp³-hybridized carbons (Fsp3) is 0.200. The Labute approximate surface area is 78.6 Å². The minimum absolute atomic E-state index is 0.448. The number of carbonyl (C=O) groups is 4. The maximum absolute atomic E-state index is 12.5. The van der Waals surface area contributed by atoms with Crippen molar-refractivity contribution in [3.8, 4) is 0 Å². The monoisotopic (exact) mass is 230 g/mol. The molecule has 84 valence electrons. The van der Waals surface area contributed by atoms with Crippen LogP contribution in [0.5, 0.6) is 0 Å². The Kier molecular flexibility index (Phi) is 3.88. The number of alkyl halides is 2. The van der Waals surface area contributed by atoms with E-state index >= 15 is 0 Å². The van der Waals surface area contributed by atoms with Crippen LogP contribution in [0.2, 0.25) is 0 Å². The van der Waals surface area contributed by atoms with Gasteiger partial charge in [0, 0.05) is 0 Å². The van der Waals surface area contributed by atoms with Crippen molar-refractivity contribution in [2.24, 2.45) is 0 Å². The van der Waals surface area contributed by atoms with E-state index in [0.717, 1.165) is 0 Å². The molecule has 0 aromatic heterocycles. The number of hydrogen-bond acceptors (Lipinski definition) is 4. The molecular weight excluding hydrogens is 228 g/mol. The topological polar surface area (TPSA) is 92.3 Å². The lowest BCUT2D eigenvalue weighted by molar-refractivity contribution is -0.158. The largest absolute Gasteiger partial charge is 0.404 e. The number of rotatable bonds is 2. The molecule has 4 amide bonds. The first-order valence-corrected chi connectivity index (χ1v) is 3.07. The predicted molar refractivity (Wildman–Crippen MR) is 34.2 cm³/mol. The molecule has 0 heterocycles. The molecule has 0 saturated heterocycles. The van der Waals surface area contributed by atoms with E-state index < -0.39 is 30.1 Å². The molecule has 0 rings (SSSR count). The Bertz CT molecular complexity index is 299. The number of halogens is 4. The molecule has 0 aromatic carbocycles. The van der Waals surface area contributed by atoms with Gasteiger partial charge in [0.15, 0.2) is 0 Å². The van der Waals surface area contributed by atoms with Gasteiger partial charge in [0.1, 0.15) is 0 Å². The summed E-state index contributed by atoms with van der Waals surface area (Å²) in [7, 11) is 0. The molecule has 0 radical (unpaired) electrons. The quantitative estimate of drug-likeness (QED) is 0.303. The summed E-state index contributed by atoms with van der Waals surface area (Å²) in [6.07, 6.45) is -5.25.